The molecule has 122 valence electrons. The summed E-state index contributed by atoms with van der Waals surface area (Å²) in [6.45, 7) is 5.90. The average molecular weight is 310 g/mol. The second-order valence-electron chi connectivity index (χ2n) is 5.79. The molecular formula is C15H22N2O5. The van der Waals surface area contributed by atoms with Crippen molar-refractivity contribution in [1.82, 2.24) is 9.88 Å². The Morgan fingerprint density at radius 1 is 1.14 bits per heavy atom. The number of esters is 1. The number of H-pyrrole nitrogens is 1. The lowest BCUT2D eigenvalue weighted by atomic mass is 9.93. The molecule has 2 amide bonds. The summed E-state index contributed by atoms with van der Waals surface area (Å²) < 4.78 is 9.11. The Morgan fingerprint density at radius 2 is 1.77 bits per heavy atom. The largest absolute Gasteiger partial charge is 0.469 e. The van der Waals surface area contributed by atoms with Crippen molar-refractivity contribution < 1.29 is 23.9 Å². The van der Waals surface area contributed by atoms with Gasteiger partial charge in [-0.1, -0.05) is 20.8 Å². The lowest BCUT2D eigenvalue weighted by Gasteiger charge is -2.19. The van der Waals surface area contributed by atoms with E-state index >= 15 is 0 Å². The highest BCUT2D eigenvalue weighted by Crippen LogP contribution is 2.21. The zero-order valence-electron chi connectivity index (χ0n) is 13.6. The highest BCUT2D eigenvalue weighted by Gasteiger charge is 2.26. The van der Waals surface area contributed by atoms with Crippen LogP contribution in [0.15, 0.2) is 12.1 Å². The van der Waals surface area contributed by atoms with Crippen LogP contribution in [0.2, 0.25) is 0 Å². The van der Waals surface area contributed by atoms with Crippen molar-refractivity contribution in [2.24, 2.45) is 0 Å². The molecule has 0 aliphatic carbocycles. The first-order valence-corrected chi connectivity index (χ1v) is 6.86. The Labute approximate surface area is 129 Å². The number of methoxy groups -OCH3 is 2. The molecule has 0 aliphatic rings. The van der Waals surface area contributed by atoms with Crippen molar-refractivity contribution in [3.63, 3.8) is 0 Å². The molecule has 7 nitrogen and oxygen atoms in total. The van der Waals surface area contributed by atoms with E-state index in [1.807, 2.05) is 20.8 Å². The Bertz CT molecular complexity index is 557. The summed E-state index contributed by atoms with van der Waals surface area (Å²) in [5.41, 5.74) is 0.981. The molecule has 0 fully saturated rings. The number of amides is 2. The monoisotopic (exact) mass is 310 g/mol. The number of carbonyl (C=O) groups excluding carboxylic acids is 3. The summed E-state index contributed by atoms with van der Waals surface area (Å²) in [5, 5.41) is 0. The molecule has 0 atom stereocenters. The van der Waals surface area contributed by atoms with E-state index in [1.54, 1.807) is 12.1 Å². The number of nitrogens with one attached hydrogen (secondary N) is 1. The van der Waals surface area contributed by atoms with Crippen molar-refractivity contribution in [3.05, 3.63) is 23.5 Å². The molecule has 0 saturated carbocycles. The maximum atomic E-state index is 12.4. The second-order valence-corrected chi connectivity index (χ2v) is 5.79. The predicted molar refractivity (Wildman–Crippen MR) is 79.6 cm³/mol. The van der Waals surface area contributed by atoms with Gasteiger partial charge in [-0.3, -0.25) is 9.59 Å². The molecular weight excluding hydrogens is 288 g/mol. The summed E-state index contributed by atoms with van der Waals surface area (Å²) in [7, 11) is 2.42. The third-order valence-electron chi connectivity index (χ3n) is 3.13. The van der Waals surface area contributed by atoms with Crippen molar-refractivity contribution in [2.45, 2.75) is 32.6 Å². The molecule has 7 heteroatoms. The molecule has 1 rings (SSSR count). The van der Waals surface area contributed by atoms with Gasteiger partial charge < -0.3 is 14.5 Å². The third kappa shape index (κ3) is 4.34. The number of imide groups is 1. The van der Waals surface area contributed by atoms with Gasteiger partial charge in [-0.25, -0.2) is 9.69 Å². The normalized spacial score (nSPS) is 11.0. The van der Waals surface area contributed by atoms with E-state index in [9.17, 15) is 14.4 Å². The summed E-state index contributed by atoms with van der Waals surface area (Å²) in [6.07, 6.45) is -0.912. The number of rotatable bonds is 4. The maximum Gasteiger partial charge on any atom is 0.416 e. The van der Waals surface area contributed by atoms with Gasteiger partial charge in [0.1, 0.15) is 5.69 Å². The number of hydrogen-bond donors (Lipinski definition) is 1. The van der Waals surface area contributed by atoms with Crippen LogP contribution in [0.3, 0.4) is 0 Å². The Morgan fingerprint density at radius 3 is 2.23 bits per heavy atom. The standard InChI is InChI=1S/C15H22N2O5/c1-15(2,3)11-7-6-10(16-11)13(19)17(14(20)22-5)9-8-12(18)21-4/h6-7,16H,8-9H2,1-5H3. The molecule has 0 saturated heterocycles. The molecule has 1 heterocycles. The topological polar surface area (TPSA) is 88.7 Å². The Kier molecular flexibility index (Phi) is 5.73. The quantitative estimate of drug-likeness (QED) is 0.860. The van der Waals surface area contributed by atoms with Gasteiger partial charge in [-0.05, 0) is 12.1 Å². The molecule has 0 aromatic carbocycles. The SMILES string of the molecule is COC(=O)CCN(C(=O)OC)C(=O)c1ccc(C(C)(C)C)[nH]1. The summed E-state index contributed by atoms with van der Waals surface area (Å²) in [5.74, 6) is -1.06. The molecule has 1 N–H and O–H groups in total. The Hall–Kier alpha value is -2.31. The smallest absolute Gasteiger partial charge is 0.416 e. The van der Waals surface area contributed by atoms with Crippen LogP contribution in [-0.2, 0) is 19.7 Å². The van der Waals surface area contributed by atoms with Gasteiger partial charge in [0, 0.05) is 17.7 Å². The van der Waals surface area contributed by atoms with E-state index in [0.717, 1.165) is 10.6 Å². The third-order valence-corrected chi connectivity index (χ3v) is 3.13. The van der Waals surface area contributed by atoms with Crippen LogP contribution in [0, 0.1) is 0 Å². The van der Waals surface area contributed by atoms with Gasteiger partial charge in [-0.15, -0.1) is 0 Å². The minimum Gasteiger partial charge on any atom is -0.469 e. The fraction of sp³-hybridized carbons (Fsp3) is 0.533. The number of carbonyl (C=O) groups is 3. The van der Waals surface area contributed by atoms with Gasteiger partial charge in [0.05, 0.1) is 20.6 Å². The first-order valence-electron chi connectivity index (χ1n) is 6.86. The maximum absolute atomic E-state index is 12.4. The predicted octanol–water partition coefficient (Wildman–Crippen LogP) is 2.08. The van der Waals surface area contributed by atoms with Crippen LogP contribution in [-0.4, -0.2) is 48.6 Å². The van der Waals surface area contributed by atoms with Crippen LogP contribution in [0.5, 0.6) is 0 Å². The van der Waals surface area contributed by atoms with Crippen molar-refractivity contribution in [3.8, 4) is 0 Å². The van der Waals surface area contributed by atoms with Crippen molar-refractivity contribution in [2.75, 3.05) is 20.8 Å². The molecule has 0 spiro atoms. The molecule has 0 unspecified atom stereocenters. The molecule has 22 heavy (non-hydrogen) atoms. The number of nitrogens with zero attached hydrogens (tertiary/aromatic N) is 1. The number of aromatic nitrogens is 1. The van der Waals surface area contributed by atoms with E-state index in [4.69, 9.17) is 0 Å². The summed E-state index contributed by atoms with van der Waals surface area (Å²) >= 11 is 0. The molecule has 1 aromatic rings. The van der Waals surface area contributed by atoms with Crippen LogP contribution >= 0.6 is 0 Å². The average Bonchev–Trinajstić information content (AvgIpc) is 2.96. The van der Waals surface area contributed by atoms with Crippen molar-refractivity contribution in [1.29, 1.82) is 0 Å². The first kappa shape index (κ1) is 17.7. The minimum atomic E-state index is -0.819. The van der Waals surface area contributed by atoms with Crippen molar-refractivity contribution >= 4 is 18.0 Å². The van der Waals surface area contributed by atoms with E-state index in [-0.39, 0.29) is 24.1 Å². The highest BCUT2D eigenvalue weighted by atomic mass is 16.5. The number of aromatic amines is 1. The fourth-order valence-electron chi connectivity index (χ4n) is 1.79. The van der Waals surface area contributed by atoms with Crippen LogP contribution in [0.25, 0.3) is 0 Å². The molecule has 1 aromatic heterocycles. The van der Waals surface area contributed by atoms with Crippen LogP contribution in [0.4, 0.5) is 4.79 Å². The second kappa shape index (κ2) is 7.11. The summed E-state index contributed by atoms with van der Waals surface area (Å²) in [4.78, 5) is 39.2. The van der Waals surface area contributed by atoms with Gasteiger partial charge in [-0.2, -0.15) is 0 Å². The van der Waals surface area contributed by atoms with E-state index in [0.29, 0.717) is 0 Å². The first-order chi connectivity index (χ1) is 10.2. The van der Waals surface area contributed by atoms with E-state index < -0.39 is 18.0 Å². The van der Waals surface area contributed by atoms with Gasteiger partial charge in [0.25, 0.3) is 5.91 Å². The lowest BCUT2D eigenvalue weighted by Crippen LogP contribution is -2.38. The van der Waals surface area contributed by atoms with Gasteiger partial charge in [0.2, 0.25) is 0 Å². The van der Waals surface area contributed by atoms with Gasteiger partial charge in [0.15, 0.2) is 0 Å². The molecule has 0 radical (unpaired) electrons. The number of ether oxygens (including phenoxy) is 2. The fourth-order valence-corrected chi connectivity index (χ4v) is 1.79. The number of hydrogen-bond acceptors (Lipinski definition) is 5. The highest BCUT2D eigenvalue weighted by molar-refractivity contribution is 6.02. The van der Waals surface area contributed by atoms with Crippen LogP contribution < -0.4 is 0 Å². The van der Waals surface area contributed by atoms with E-state index in [2.05, 4.69) is 14.5 Å². The lowest BCUT2D eigenvalue weighted by molar-refractivity contribution is -0.140. The minimum absolute atomic E-state index is 0.0931. The molecule has 0 aliphatic heterocycles. The zero-order chi connectivity index (χ0) is 16.9. The molecule has 0 bridgehead atoms. The summed E-state index contributed by atoms with van der Waals surface area (Å²) in [6, 6.07) is 3.40. The van der Waals surface area contributed by atoms with Crippen LogP contribution in [0.1, 0.15) is 43.4 Å². The Balaban J connectivity index is 2.94. The van der Waals surface area contributed by atoms with Gasteiger partial charge >= 0.3 is 12.1 Å². The zero-order valence-corrected chi connectivity index (χ0v) is 13.6. The van der Waals surface area contributed by atoms with E-state index in [1.165, 1.54) is 14.2 Å².